The Kier molecular flexibility index (Phi) is 13.8. The number of hydrogen-bond donors (Lipinski definition) is 2. The van der Waals surface area contributed by atoms with Crippen molar-refractivity contribution in [2.24, 2.45) is 5.92 Å². The third kappa shape index (κ3) is 10.3. The first-order valence-electron chi connectivity index (χ1n) is 17.2. The van der Waals surface area contributed by atoms with Gasteiger partial charge >= 0.3 is 18.3 Å². The molecule has 2 N–H and O–H groups in total. The van der Waals surface area contributed by atoms with E-state index in [4.69, 9.17) is 18.9 Å². The van der Waals surface area contributed by atoms with Crippen LogP contribution in [0.1, 0.15) is 79.8 Å². The summed E-state index contributed by atoms with van der Waals surface area (Å²) in [5.41, 5.74) is -1.15. The lowest BCUT2D eigenvalue weighted by Gasteiger charge is -2.40. The van der Waals surface area contributed by atoms with Crippen LogP contribution in [-0.2, 0) is 20.5 Å². The number of benzene rings is 2. The number of piperidine rings is 1. The molecule has 1 saturated carbocycles. The van der Waals surface area contributed by atoms with Crippen LogP contribution in [0.5, 0.6) is 17.2 Å². The molecule has 0 bridgehead atoms. The van der Waals surface area contributed by atoms with Crippen molar-refractivity contribution in [1.82, 2.24) is 15.5 Å². The molecule has 2 aromatic rings. The highest BCUT2D eigenvalue weighted by atomic mass is 19.4. The Morgan fingerprint density at radius 2 is 1.65 bits per heavy atom. The summed E-state index contributed by atoms with van der Waals surface area (Å²) in [6.45, 7) is 4.26. The van der Waals surface area contributed by atoms with Gasteiger partial charge in [0.05, 0.1) is 30.8 Å². The Bertz CT molecular complexity index is 1540. The first-order valence-corrected chi connectivity index (χ1v) is 17.2. The van der Waals surface area contributed by atoms with Gasteiger partial charge in [-0.25, -0.2) is 4.79 Å². The summed E-state index contributed by atoms with van der Waals surface area (Å²) in [6, 6.07) is 6.82. The summed E-state index contributed by atoms with van der Waals surface area (Å²) >= 11 is 0. The van der Waals surface area contributed by atoms with E-state index in [2.05, 4.69) is 10.6 Å². The number of ether oxygens (including phenoxy) is 4. The number of nitrogens with zero attached hydrogens (tertiary/aromatic N) is 1. The normalized spacial score (nSPS) is 18.4. The molecular weight excluding hydrogens is 700 g/mol. The van der Waals surface area contributed by atoms with E-state index in [0.29, 0.717) is 45.1 Å². The number of carbonyl (C=O) groups is 3. The maximum atomic E-state index is 14.1. The number of rotatable bonds is 16. The molecule has 1 heterocycles. The lowest BCUT2D eigenvalue weighted by molar-refractivity contribution is -0.189. The summed E-state index contributed by atoms with van der Waals surface area (Å²) in [5.74, 6) is -5.82. The number of nitrogens with one attached hydrogen (secondary N) is 2. The molecule has 1 aliphatic carbocycles. The van der Waals surface area contributed by atoms with Crippen molar-refractivity contribution in [1.29, 1.82) is 0 Å². The molecule has 2 amide bonds. The van der Waals surface area contributed by atoms with Crippen molar-refractivity contribution in [3.05, 3.63) is 53.1 Å². The average Bonchev–Trinajstić information content (AvgIpc) is 3.92. The number of alkyl halides is 6. The lowest BCUT2D eigenvalue weighted by atomic mass is 9.89. The van der Waals surface area contributed by atoms with Crippen LogP contribution in [0.2, 0.25) is 0 Å². The topological polar surface area (TPSA) is 115 Å². The highest BCUT2D eigenvalue weighted by Crippen LogP contribution is 2.46. The zero-order chi connectivity index (χ0) is 38.2. The monoisotopic (exact) mass is 745 g/mol. The smallest absolute Gasteiger partial charge is 0.491 e. The van der Waals surface area contributed by atoms with Crippen LogP contribution in [0.25, 0.3) is 0 Å². The maximum absolute atomic E-state index is 14.1. The molecule has 3 atom stereocenters. The van der Waals surface area contributed by atoms with Gasteiger partial charge in [-0.15, -0.1) is 0 Å². The molecule has 1 aliphatic heterocycles. The highest BCUT2D eigenvalue weighted by Gasteiger charge is 2.44. The Morgan fingerprint density at radius 3 is 2.23 bits per heavy atom. The highest BCUT2D eigenvalue weighted by molar-refractivity contribution is 6.00. The minimum Gasteiger partial charge on any atom is -0.493 e. The first kappa shape index (κ1) is 40.7. The number of halogens is 6. The van der Waals surface area contributed by atoms with Gasteiger partial charge < -0.3 is 34.5 Å². The fraction of sp³-hybridized carbons (Fsp3) is 0.583. The van der Waals surface area contributed by atoms with Gasteiger partial charge in [-0.05, 0) is 75.6 Å². The Morgan fingerprint density at radius 1 is 0.942 bits per heavy atom. The van der Waals surface area contributed by atoms with Gasteiger partial charge in [0.25, 0.3) is 5.91 Å². The second-order valence-corrected chi connectivity index (χ2v) is 13.2. The molecule has 0 unspecified atom stereocenters. The second kappa shape index (κ2) is 17.6. The summed E-state index contributed by atoms with van der Waals surface area (Å²) in [5, 5.41) is 6.19. The third-order valence-corrected chi connectivity index (χ3v) is 9.14. The molecule has 0 radical (unpaired) electrons. The number of hydrogen-bond acceptors (Lipinski definition) is 8. The van der Waals surface area contributed by atoms with Crippen molar-refractivity contribution in [3.8, 4) is 17.2 Å². The fourth-order valence-electron chi connectivity index (χ4n) is 6.53. The van der Waals surface area contributed by atoms with Crippen LogP contribution in [0.4, 0.5) is 26.3 Å². The summed E-state index contributed by atoms with van der Waals surface area (Å²) in [4.78, 5) is 40.9. The Labute approximate surface area is 298 Å². The molecular formula is C36H45F6N3O7. The second-order valence-electron chi connectivity index (χ2n) is 13.2. The molecule has 288 valence electrons. The van der Waals surface area contributed by atoms with E-state index in [0.717, 1.165) is 6.07 Å². The predicted octanol–water partition coefficient (Wildman–Crippen LogP) is 6.27. The average molecular weight is 746 g/mol. The van der Waals surface area contributed by atoms with Crippen molar-refractivity contribution < 1.29 is 59.7 Å². The summed E-state index contributed by atoms with van der Waals surface area (Å²) < 4.78 is 102. The van der Waals surface area contributed by atoms with E-state index in [1.54, 1.807) is 13.8 Å². The maximum Gasteiger partial charge on any atom is 0.491 e. The standard InChI is InChI=1S/C36H45F6N3O7/c1-21(2)45(33(47)26-14-15-28(50-4)31(51-19-7-18-49-3)30(26)52-34(48)36(40,41)42)24-13-12-23(44-20-24)16-17-43-32(46)29(22-10-11-22)25-8-5-6-9-27(25)35(37,38)39/h5-6,8-9,14-15,21-24,29,44H,7,10-13,16-20H2,1-4H3,(H,43,46)/t23-,24-,29-/m1/s1. The molecule has 16 heteroatoms. The molecule has 2 aliphatic rings. The molecule has 4 rings (SSSR count). The first-order chi connectivity index (χ1) is 24.6. The summed E-state index contributed by atoms with van der Waals surface area (Å²) in [6.07, 6.45) is -6.72. The van der Waals surface area contributed by atoms with Crippen molar-refractivity contribution in [3.63, 3.8) is 0 Å². The molecule has 0 spiro atoms. The van der Waals surface area contributed by atoms with Crippen LogP contribution in [0, 0.1) is 5.92 Å². The number of esters is 1. The zero-order valence-corrected chi connectivity index (χ0v) is 29.5. The fourth-order valence-corrected chi connectivity index (χ4v) is 6.53. The van der Waals surface area contributed by atoms with Crippen LogP contribution in [-0.4, -0.2) is 87.5 Å². The number of carbonyl (C=O) groups excluding carboxylic acids is 3. The van der Waals surface area contributed by atoms with E-state index in [1.165, 1.54) is 49.5 Å². The molecule has 2 aromatic carbocycles. The molecule has 1 saturated heterocycles. The van der Waals surface area contributed by atoms with E-state index < -0.39 is 59.5 Å². The van der Waals surface area contributed by atoms with Crippen LogP contribution < -0.4 is 24.8 Å². The summed E-state index contributed by atoms with van der Waals surface area (Å²) in [7, 11) is 2.72. The van der Waals surface area contributed by atoms with Gasteiger partial charge in [-0.3, -0.25) is 9.59 Å². The van der Waals surface area contributed by atoms with Crippen molar-refractivity contribution in [2.75, 3.05) is 40.5 Å². The quantitative estimate of drug-likeness (QED) is 0.0896. The van der Waals surface area contributed by atoms with Crippen LogP contribution >= 0.6 is 0 Å². The third-order valence-electron chi connectivity index (χ3n) is 9.14. The van der Waals surface area contributed by atoms with Gasteiger partial charge in [0.1, 0.15) is 0 Å². The van der Waals surface area contributed by atoms with Gasteiger partial charge in [0.15, 0.2) is 11.5 Å². The Balaban J connectivity index is 1.44. The van der Waals surface area contributed by atoms with Crippen LogP contribution in [0.15, 0.2) is 36.4 Å². The predicted molar refractivity (Wildman–Crippen MR) is 177 cm³/mol. The SMILES string of the molecule is COCCCOc1c(OC)ccc(C(=O)N(C(C)C)[C@@H]2CC[C@H](CCNC(=O)[C@@H](c3ccccc3C(F)(F)F)C3CC3)NC2)c1OC(=O)C(F)(F)F. The molecule has 2 fully saturated rings. The minimum absolute atomic E-state index is 0.0231. The van der Waals surface area contributed by atoms with Gasteiger partial charge in [-0.1, -0.05) is 18.2 Å². The van der Waals surface area contributed by atoms with Gasteiger partial charge in [0, 0.05) is 51.4 Å². The molecule has 0 aromatic heterocycles. The van der Waals surface area contributed by atoms with Crippen molar-refractivity contribution in [2.45, 2.75) is 88.8 Å². The van der Waals surface area contributed by atoms with Crippen molar-refractivity contribution >= 4 is 17.8 Å². The number of methoxy groups -OCH3 is 2. The van der Waals surface area contributed by atoms with Gasteiger partial charge in [-0.2, -0.15) is 26.3 Å². The molecule has 10 nitrogen and oxygen atoms in total. The van der Waals surface area contributed by atoms with E-state index in [-0.39, 0.29) is 54.3 Å². The molecule has 52 heavy (non-hydrogen) atoms. The number of amides is 2. The Hall–Kier alpha value is -4.05. The lowest BCUT2D eigenvalue weighted by Crippen LogP contribution is -2.54. The van der Waals surface area contributed by atoms with E-state index in [9.17, 15) is 40.7 Å². The largest absolute Gasteiger partial charge is 0.493 e. The van der Waals surface area contributed by atoms with E-state index >= 15 is 0 Å². The van der Waals surface area contributed by atoms with Gasteiger partial charge in [0.2, 0.25) is 11.7 Å². The minimum atomic E-state index is -5.36. The zero-order valence-electron chi connectivity index (χ0n) is 29.5. The van der Waals surface area contributed by atoms with Crippen LogP contribution in [0.3, 0.4) is 0 Å². The van der Waals surface area contributed by atoms with E-state index in [1.807, 2.05) is 0 Å².